The lowest BCUT2D eigenvalue weighted by molar-refractivity contribution is -0.269. The van der Waals surface area contributed by atoms with Gasteiger partial charge in [-0.25, -0.2) is 0 Å². The Bertz CT molecular complexity index is 995. The van der Waals surface area contributed by atoms with Crippen LogP contribution < -0.4 is 10.3 Å². The fourth-order valence-electron chi connectivity index (χ4n) is 3.28. The zero-order valence-corrected chi connectivity index (χ0v) is 21.3. The molecule has 2 rings (SSSR count). The van der Waals surface area contributed by atoms with Gasteiger partial charge in [-0.1, -0.05) is 0 Å². The number of hydrogen-bond acceptors (Lipinski definition) is 12. The highest BCUT2D eigenvalue weighted by Crippen LogP contribution is 2.36. The van der Waals surface area contributed by atoms with Gasteiger partial charge in [0.1, 0.15) is 12.7 Å². The highest BCUT2D eigenvalue weighted by Gasteiger charge is 2.53. The number of carbonyl (C=O) groups excluding carboxylic acids is 4. The fourth-order valence-corrected chi connectivity index (χ4v) is 3.70. The normalized spacial score (nSPS) is 24.0. The van der Waals surface area contributed by atoms with Crippen LogP contribution in [0.4, 0.5) is 0 Å². The van der Waals surface area contributed by atoms with E-state index in [9.17, 15) is 24.0 Å². The number of halogens is 1. The summed E-state index contributed by atoms with van der Waals surface area (Å²) in [5.74, 6) is -2.89. The maximum Gasteiger partial charge on any atom is 0.303 e. The van der Waals surface area contributed by atoms with Gasteiger partial charge in [0.15, 0.2) is 24.5 Å². The third-order valence-electron chi connectivity index (χ3n) is 4.39. The van der Waals surface area contributed by atoms with Crippen molar-refractivity contribution in [1.82, 2.24) is 9.55 Å². The molecular formula is C20H25IN2O11. The van der Waals surface area contributed by atoms with Crippen molar-refractivity contribution in [3.8, 4) is 6.01 Å². The molecule has 1 unspecified atom stereocenters. The molecule has 2 heterocycles. The lowest BCUT2D eigenvalue weighted by atomic mass is 9.97. The van der Waals surface area contributed by atoms with E-state index in [0.717, 1.165) is 20.8 Å². The Kier molecular flexibility index (Phi) is 9.78. The van der Waals surface area contributed by atoms with Gasteiger partial charge in [0.2, 0.25) is 0 Å². The van der Waals surface area contributed by atoms with E-state index < -0.39 is 60.1 Å². The number of esters is 4. The van der Waals surface area contributed by atoms with Crippen molar-refractivity contribution < 1.29 is 47.6 Å². The van der Waals surface area contributed by atoms with Crippen LogP contribution >= 0.6 is 22.6 Å². The second-order valence-electron chi connectivity index (χ2n) is 7.11. The van der Waals surface area contributed by atoms with Crippen LogP contribution in [0, 0.1) is 3.57 Å². The Morgan fingerprint density at radius 1 is 0.971 bits per heavy atom. The van der Waals surface area contributed by atoms with E-state index in [1.165, 1.54) is 17.7 Å². The SMILES string of the molecule is CCOc1nc(=O)c(I)cn1C1O[C@H](COC(C)=O)[C@@H](OC(C)=O)[C@H](OC(C)=O)[C@H]1OC(C)=O. The topological polar surface area (TPSA) is 159 Å². The number of hydrogen-bond donors (Lipinski definition) is 0. The lowest BCUT2D eigenvalue weighted by Gasteiger charge is -2.45. The summed E-state index contributed by atoms with van der Waals surface area (Å²) in [5, 5.41) is 0. The van der Waals surface area contributed by atoms with Gasteiger partial charge in [-0.15, -0.1) is 0 Å². The van der Waals surface area contributed by atoms with Crippen molar-refractivity contribution in [2.24, 2.45) is 0 Å². The summed E-state index contributed by atoms with van der Waals surface area (Å²) < 4.78 is 34.2. The minimum absolute atomic E-state index is 0.137. The Hall–Kier alpha value is -2.75. The highest BCUT2D eigenvalue weighted by atomic mass is 127. The summed E-state index contributed by atoms with van der Waals surface area (Å²) in [6.07, 6.45) is -5.09. The Morgan fingerprint density at radius 2 is 1.53 bits per heavy atom. The second kappa shape index (κ2) is 12.1. The molecule has 1 aliphatic rings. The van der Waals surface area contributed by atoms with Crippen molar-refractivity contribution in [3.05, 3.63) is 20.1 Å². The van der Waals surface area contributed by atoms with Gasteiger partial charge in [-0.2, -0.15) is 4.98 Å². The zero-order valence-electron chi connectivity index (χ0n) is 19.1. The summed E-state index contributed by atoms with van der Waals surface area (Å²) >= 11 is 1.76. The van der Waals surface area contributed by atoms with E-state index >= 15 is 0 Å². The molecule has 14 heteroatoms. The fraction of sp³-hybridized carbons (Fsp3) is 0.600. The minimum atomic E-state index is -1.36. The number of carbonyl (C=O) groups is 4. The molecule has 0 amide bonds. The number of nitrogens with zero attached hydrogens (tertiary/aromatic N) is 2. The van der Waals surface area contributed by atoms with Crippen LogP contribution in [-0.4, -0.2) is 71.1 Å². The molecule has 5 atom stereocenters. The van der Waals surface area contributed by atoms with Crippen LogP contribution in [0.25, 0.3) is 0 Å². The average molecular weight is 596 g/mol. The molecule has 1 saturated heterocycles. The quantitative estimate of drug-likeness (QED) is 0.233. The smallest absolute Gasteiger partial charge is 0.303 e. The molecule has 34 heavy (non-hydrogen) atoms. The Labute approximate surface area is 208 Å². The molecule has 13 nitrogen and oxygen atoms in total. The van der Waals surface area contributed by atoms with Crippen molar-refractivity contribution >= 4 is 46.5 Å². The van der Waals surface area contributed by atoms with Gasteiger partial charge >= 0.3 is 29.9 Å². The molecule has 0 aromatic carbocycles. The molecule has 188 valence electrons. The highest BCUT2D eigenvalue weighted by molar-refractivity contribution is 14.1. The molecule has 0 radical (unpaired) electrons. The summed E-state index contributed by atoms with van der Waals surface area (Å²) in [4.78, 5) is 63.2. The first-order valence-corrected chi connectivity index (χ1v) is 11.2. The van der Waals surface area contributed by atoms with Gasteiger partial charge in [0.05, 0.1) is 10.2 Å². The molecule has 0 spiro atoms. The van der Waals surface area contributed by atoms with Crippen LogP contribution in [0.1, 0.15) is 40.8 Å². The molecule has 1 fully saturated rings. The average Bonchev–Trinajstić information content (AvgIpc) is 2.71. The molecular weight excluding hydrogens is 571 g/mol. The maximum absolute atomic E-state index is 12.1. The summed E-state index contributed by atoms with van der Waals surface area (Å²) in [6, 6.07) is -0.159. The van der Waals surface area contributed by atoms with Crippen LogP contribution in [0.2, 0.25) is 0 Å². The van der Waals surface area contributed by atoms with Crippen LogP contribution in [0.3, 0.4) is 0 Å². The summed E-state index contributed by atoms with van der Waals surface area (Å²) in [5.41, 5.74) is -0.564. The van der Waals surface area contributed by atoms with Crippen molar-refractivity contribution in [3.63, 3.8) is 0 Å². The standard InChI is InChI=1S/C20H25IN2O11/c1-6-29-20-22-18(28)13(21)7-23(20)19-17(33-12(5)27)16(32-11(4)26)15(31-10(3)25)14(34-19)8-30-9(2)24/h7,14-17,19H,6,8H2,1-5H3/t14-,15-,16+,17-,19?/m1/s1. The molecule has 0 saturated carbocycles. The largest absolute Gasteiger partial charge is 0.465 e. The lowest BCUT2D eigenvalue weighted by Crippen LogP contribution is -2.60. The maximum atomic E-state index is 12.1. The molecule has 0 bridgehead atoms. The number of ether oxygens (including phenoxy) is 6. The summed E-state index contributed by atoms with van der Waals surface area (Å²) in [7, 11) is 0. The zero-order chi connectivity index (χ0) is 25.6. The van der Waals surface area contributed by atoms with Crippen LogP contribution in [0.15, 0.2) is 11.0 Å². The summed E-state index contributed by atoms with van der Waals surface area (Å²) in [6.45, 7) is 5.97. The van der Waals surface area contributed by atoms with E-state index in [4.69, 9.17) is 28.4 Å². The monoisotopic (exact) mass is 596 g/mol. The number of aromatic nitrogens is 2. The van der Waals surface area contributed by atoms with E-state index in [1.807, 2.05) is 0 Å². The number of rotatable bonds is 8. The predicted octanol–water partition coefficient (Wildman–Crippen LogP) is 0.502. The predicted molar refractivity (Wildman–Crippen MR) is 120 cm³/mol. The van der Waals surface area contributed by atoms with Gasteiger partial charge in [-0.05, 0) is 29.5 Å². The van der Waals surface area contributed by atoms with Gasteiger partial charge in [-0.3, -0.25) is 28.5 Å². The molecule has 1 aromatic heterocycles. The van der Waals surface area contributed by atoms with Gasteiger partial charge < -0.3 is 28.4 Å². The second-order valence-corrected chi connectivity index (χ2v) is 8.27. The first-order valence-electron chi connectivity index (χ1n) is 10.2. The molecule has 1 aliphatic heterocycles. The van der Waals surface area contributed by atoms with E-state index in [1.54, 1.807) is 29.5 Å². The third kappa shape index (κ3) is 7.12. The first-order chi connectivity index (χ1) is 15.9. The van der Waals surface area contributed by atoms with Gasteiger partial charge in [0, 0.05) is 33.9 Å². The van der Waals surface area contributed by atoms with Crippen molar-refractivity contribution in [2.75, 3.05) is 13.2 Å². The van der Waals surface area contributed by atoms with Crippen molar-refractivity contribution in [1.29, 1.82) is 0 Å². The van der Waals surface area contributed by atoms with E-state index in [2.05, 4.69) is 4.98 Å². The Balaban J connectivity index is 2.69. The van der Waals surface area contributed by atoms with Gasteiger partial charge in [0.25, 0.3) is 5.56 Å². The third-order valence-corrected chi connectivity index (χ3v) is 5.13. The van der Waals surface area contributed by atoms with E-state index in [-0.39, 0.29) is 22.8 Å². The van der Waals surface area contributed by atoms with E-state index in [0.29, 0.717) is 0 Å². The van der Waals surface area contributed by atoms with Crippen LogP contribution in [0.5, 0.6) is 6.01 Å². The molecule has 0 aliphatic carbocycles. The Morgan fingerprint density at radius 3 is 2.06 bits per heavy atom. The first kappa shape index (κ1) is 27.5. The molecule has 0 N–H and O–H groups in total. The van der Waals surface area contributed by atoms with Crippen molar-refractivity contribution in [2.45, 2.75) is 65.3 Å². The molecule has 1 aromatic rings. The van der Waals surface area contributed by atoms with Crippen LogP contribution in [-0.2, 0) is 42.9 Å². The minimum Gasteiger partial charge on any atom is -0.465 e.